The molecule has 0 fully saturated rings. The minimum absolute atomic E-state index is 0.175. The number of alkyl halides is 3. The average Bonchev–Trinajstić information content (AvgIpc) is 2.39. The molecule has 1 nitrogen and oxygen atoms in total. The van der Waals surface area contributed by atoms with Crippen LogP contribution in [0.2, 0.25) is 0 Å². The van der Waals surface area contributed by atoms with Crippen molar-refractivity contribution in [1.29, 1.82) is 0 Å². The molecule has 0 saturated heterocycles. The lowest BCUT2D eigenvalue weighted by molar-refractivity contribution is -0.137. The van der Waals surface area contributed by atoms with Crippen LogP contribution < -0.4 is 5.32 Å². The highest BCUT2D eigenvalue weighted by Gasteiger charge is 2.31. The normalized spacial score (nSPS) is 11.7. The molecule has 0 atom stereocenters. The van der Waals surface area contributed by atoms with E-state index in [0.29, 0.717) is 12.6 Å². The molecule has 0 unspecified atom stereocenters. The lowest BCUT2D eigenvalue weighted by Gasteiger charge is -2.10. The number of halogens is 4. The first kappa shape index (κ1) is 15.5. The van der Waals surface area contributed by atoms with Crippen molar-refractivity contribution in [3.05, 3.63) is 70.5 Å². The van der Waals surface area contributed by atoms with Crippen LogP contribution in [0.15, 0.2) is 42.5 Å². The molecule has 0 spiro atoms. The van der Waals surface area contributed by atoms with Gasteiger partial charge >= 0.3 is 6.18 Å². The van der Waals surface area contributed by atoms with E-state index < -0.39 is 17.6 Å². The van der Waals surface area contributed by atoms with E-state index in [2.05, 4.69) is 5.32 Å². The summed E-state index contributed by atoms with van der Waals surface area (Å²) < 4.78 is 51.0. The number of rotatable bonds is 4. The van der Waals surface area contributed by atoms with Gasteiger partial charge in [-0.15, -0.1) is 0 Å². The number of hydrogen-bond acceptors (Lipinski definition) is 1. The first-order chi connectivity index (χ1) is 9.84. The first-order valence-electron chi connectivity index (χ1n) is 6.47. The molecule has 0 aliphatic rings. The fraction of sp³-hybridized carbons (Fsp3) is 0.250. The molecule has 0 amide bonds. The summed E-state index contributed by atoms with van der Waals surface area (Å²) in [6, 6.07) is 10.4. The Bertz CT molecular complexity index is 603. The second-order valence-electron chi connectivity index (χ2n) is 4.94. The van der Waals surface area contributed by atoms with Crippen LogP contribution >= 0.6 is 0 Å². The van der Waals surface area contributed by atoms with Crippen LogP contribution in [0.5, 0.6) is 0 Å². The molecule has 0 bridgehead atoms. The summed E-state index contributed by atoms with van der Waals surface area (Å²) >= 11 is 0. The molecule has 0 saturated carbocycles. The smallest absolute Gasteiger partial charge is 0.309 e. The maximum Gasteiger partial charge on any atom is 0.416 e. The van der Waals surface area contributed by atoms with Gasteiger partial charge in [-0.05, 0) is 36.2 Å². The third kappa shape index (κ3) is 4.56. The zero-order valence-electron chi connectivity index (χ0n) is 11.5. The Morgan fingerprint density at radius 1 is 0.905 bits per heavy atom. The molecule has 5 heteroatoms. The number of aryl methyl sites for hydroxylation is 1. The van der Waals surface area contributed by atoms with Crippen molar-refractivity contribution in [2.45, 2.75) is 26.2 Å². The average molecular weight is 297 g/mol. The molecule has 1 N–H and O–H groups in total. The van der Waals surface area contributed by atoms with E-state index in [1.54, 1.807) is 0 Å². The lowest BCUT2D eigenvalue weighted by atomic mass is 10.1. The van der Waals surface area contributed by atoms with Gasteiger partial charge in [-0.3, -0.25) is 0 Å². The molecule has 0 radical (unpaired) electrons. The highest BCUT2D eigenvalue weighted by atomic mass is 19.4. The van der Waals surface area contributed by atoms with Crippen LogP contribution in [-0.4, -0.2) is 0 Å². The van der Waals surface area contributed by atoms with E-state index >= 15 is 0 Å². The van der Waals surface area contributed by atoms with Crippen LogP contribution in [-0.2, 0) is 19.3 Å². The predicted octanol–water partition coefficient (Wildman–Crippen LogP) is 4.44. The summed E-state index contributed by atoms with van der Waals surface area (Å²) in [6.07, 6.45) is -4.53. The van der Waals surface area contributed by atoms with Crippen molar-refractivity contribution in [2.24, 2.45) is 0 Å². The fourth-order valence-electron chi connectivity index (χ4n) is 1.97. The summed E-state index contributed by atoms with van der Waals surface area (Å²) in [7, 11) is 0. The molecule has 0 aliphatic carbocycles. The van der Waals surface area contributed by atoms with Gasteiger partial charge in [-0.25, -0.2) is 4.39 Å². The van der Waals surface area contributed by atoms with E-state index in [4.69, 9.17) is 0 Å². The van der Waals surface area contributed by atoms with E-state index in [1.807, 2.05) is 31.2 Å². The zero-order chi connectivity index (χ0) is 15.5. The highest BCUT2D eigenvalue weighted by Crippen LogP contribution is 2.30. The molecular weight excluding hydrogens is 282 g/mol. The van der Waals surface area contributed by atoms with Gasteiger partial charge in [0.15, 0.2) is 0 Å². The molecule has 2 rings (SSSR count). The van der Waals surface area contributed by atoms with E-state index in [1.165, 1.54) is 0 Å². The Morgan fingerprint density at radius 2 is 1.52 bits per heavy atom. The Balaban J connectivity index is 2.00. The minimum Gasteiger partial charge on any atom is -0.309 e. The second kappa shape index (κ2) is 6.26. The maximum absolute atomic E-state index is 13.2. The van der Waals surface area contributed by atoms with Crippen LogP contribution in [0, 0.1) is 12.7 Å². The monoisotopic (exact) mass is 297 g/mol. The molecule has 0 aliphatic heterocycles. The lowest BCUT2D eigenvalue weighted by Crippen LogP contribution is -2.14. The highest BCUT2D eigenvalue weighted by molar-refractivity contribution is 5.27. The van der Waals surface area contributed by atoms with Crippen molar-refractivity contribution >= 4 is 0 Å². The van der Waals surface area contributed by atoms with Gasteiger partial charge in [0, 0.05) is 13.1 Å². The van der Waals surface area contributed by atoms with Crippen LogP contribution in [0.4, 0.5) is 17.6 Å². The quantitative estimate of drug-likeness (QED) is 0.823. The van der Waals surface area contributed by atoms with Crippen LogP contribution in [0.25, 0.3) is 0 Å². The van der Waals surface area contributed by atoms with Crippen molar-refractivity contribution in [3.8, 4) is 0 Å². The predicted molar refractivity (Wildman–Crippen MR) is 73.1 cm³/mol. The summed E-state index contributed by atoms with van der Waals surface area (Å²) in [5.74, 6) is -0.878. The van der Waals surface area contributed by atoms with Gasteiger partial charge in [0.05, 0.1) is 5.56 Å². The summed E-state index contributed by atoms with van der Waals surface area (Å²) in [4.78, 5) is 0. The van der Waals surface area contributed by atoms with Crippen LogP contribution in [0.1, 0.15) is 22.3 Å². The Morgan fingerprint density at radius 3 is 2.14 bits per heavy atom. The molecule has 2 aromatic rings. The fourth-order valence-corrected chi connectivity index (χ4v) is 1.97. The Hall–Kier alpha value is -1.88. The summed E-state index contributed by atoms with van der Waals surface area (Å²) in [6.45, 7) is 2.66. The second-order valence-corrected chi connectivity index (χ2v) is 4.94. The van der Waals surface area contributed by atoms with Gasteiger partial charge in [0.1, 0.15) is 5.82 Å². The summed E-state index contributed by atoms with van der Waals surface area (Å²) in [5.41, 5.74) is 1.47. The van der Waals surface area contributed by atoms with Gasteiger partial charge < -0.3 is 5.32 Å². The largest absolute Gasteiger partial charge is 0.416 e. The topological polar surface area (TPSA) is 12.0 Å². The molecular formula is C16H15F4N. The van der Waals surface area contributed by atoms with Crippen molar-refractivity contribution < 1.29 is 17.6 Å². The van der Waals surface area contributed by atoms with Gasteiger partial charge in [0.2, 0.25) is 0 Å². The Labute approximate surface area is 120 Å². The van der Waals surface area contributed by atoms with E-state index in [0.717, 1.165) is 23.3 Å². The van der Waals surface area contributed by atoms with Crippen molar-refractivity contribution in [2.75, 3.05) is 0 Å². The van der Waals surface area contributed by atoms with Gasteiger partial charge in [-0.2, -0.15) is 13.2 Å². The van der Waals surface area contributed by atoms with Crippen molar-refractivity contribution in [1.82, 2.24) is 5.32 Å². The van der Waals surface area contributed by atoms with Gasteiger partial charge in [-0.1, -0.05) is 29.8 Å². The molecule has 0 aromatic heterocycles. The number of nitrogens with one attached hydrogen (secondary N) is 1. The zero-order valence-corrected chi connectivity index (χ0v) is 11.5. The van der Waals surface area contributed by atoms with E-state index in [9.17, 15) is 17.6 Å². The third-order valence-electron chi connectivity index (χ3n) is 3.06. The number of benzene rings is 2. The van der Waals surface area contributed by atoms with Gasteiger partial charge in [0.25, 0.3) is 0 Å². The van der Waals surface area contributed by atoms with Crippen molar-refractivity contribution in [3.63, 3.8) is 0 Å². The molecule has 112 valence electrons. The van der Waals surface area contributed by atoms with E-state index in [-0.39, 0.29) is 12.1 Å². The third-order valence-corrected chi connectivity index (χ3v) is 3.06. The standard InChI is InChI=1S/C16H15F4N/c1-11-2-4-12(5-3-11)9-21-10-13-6-14(16(18,19)20)8-15(17)7-13/h2-8,21H,9-10H2,1H3. The Kier molecular flexibility index (Phi) is 4.63. The molecule has 21 heavy (non-hydrogen) atoms. The maximum atomic E-state index is 13.2. The molecule has 0 heterocycles. The number of hydrogen-bond donors (Lipinski definition) is 1. The summed E-state index contributed by atoms with van der Waals surface area (Å²) in [5, 5.41) is 3.01. The minimum atomic E-state index is -4.53. The first-order valence-corrected chi connectivity index (χ1v) is 6.47. The van der Waals surface area contributed by atoms with Crippen LogP contribution in [0.3, 0.4) is 0 Å². The SMILES string of the molecule is Cc1ccc(CNCc2cc(F)cc(C(F)(F)F)c2)cc1. The molecule has 2 aromatic carbocycles.